The number of aromatic hydroxyl groups is 1. The van der Waals surface area contributed by atoms with Crippen LogP contribution in [0.25, 0.3) is 0 Å². The summed E-state index contributed by atoms with van der Waals surface area (Å²) in [4.78, 5) is 11.8. The molecule has 0 bridgehead atoms. The van der Waals surface area contributed by atoms with Crippen LogP contribution in [0.5, 0.6) is 5.75 Å². The van der Waals surface area contributed by atoms with Crippen molar-refractivity contribution in [3.8, 4) is 5.75 Å². The maximum atomic E-state index is 11.8. The first kappa shape index (κ1) is 11.3. The van der Waals surface area contributed by atoms with E-state index < -0.39 is 0 Å². The molecular formula is C13H14N2O2. The third-order valence-corrected chi connectivity index (χ3v) is 2.78. The molecule has 88 valence electrons. The normalized spacial score (nSPS) is 10.4. The van der Waals surface area contributed by atoms with Gasteiger partial charge in [0, 0.05) is 6.20 Å². The van der Waals surface area contributed by atoms with E-state index in [0.717, 1.165) is 11.1 Å². The number of hydrogen-bond acceptors (Lipinski definition) is 3. The average Bonchev–Trinajstić information content (AvgIpc) is 2.32. The zero-order chi connectivity index (χ0) is 12.4. The number of rotatable bonds is 2. The molecule has 0 amide bonds. The molecule has 0 saturated carbocycles. The maximum absolute atomic E-state index is 11.8. The van der Waals surface area contributed by atoms with E-state index in [-0.39, 0.29) is 17.0 Å². The molecule has 1 heterocycles. The van der Waals surface area contributed by atoms with Crippen LogP contribution in [0.4, 0.5) is 5.69 Å². The number of aryl methyl sites for hydroxylation is 1. The monoisotopic (exact) mass is 230 g/mol. The fourth-order valence-corrected chi connectivity index (χ4v) is 1.68. The van der Waals surface area contributed by atoms with Crippen molar-refractivity contribution in [1.29, 1.82) is 0 Å². The quantitative estimate of drug-likeness (QED) is 0.821. The first-order valence-electron chi connectivity index (χ1n) is 5.32. The summed E-state index contributed by atoms with van der Waals surface area (Å²) in [5.41, 5.74) is 7.19. The van der Waals surface area contributed by atoms with E-state index in [4.69, 9.17) is 5.73 Å². The number of nitrogen functional groups attached to an aromatic ring is 1. The first-order valence-corrected chi connectivity index (χ1v) is 5.32. The van der Waals surface area contributed by atoms with Crippen LogP contribution in [0.15, 0.2) is 41.3 Å². The predicted octanol–water partition coefficient (Wildman–Crippen LogP) is 1.49. The lowest BCUT2D eigenvalue weighted by Gasteiger charge is -2.09. The molecule has 0 radical (unpaired) electrons. The standard InChI is InChI=1S/C13H14N2O2/c1-9-4-2-3-5-10(9)8-15-7-6-11(16)12(14)13(15)17/h2-7,16H,8,14H2,1H3. The van der Waals surface area contributed by atoms with Gasteiger partial charge < -0.3 is 15.4 Å². The van der Waals surface area contributed by atoms with Crippen LogP contribution in [-0.4, -0.2) is 9.67 Å². The van der Waals surface area contributed by atoms with E-state index in [1.54, 1.807) is 6.20 Å². The third-order valence-electron chi connectivity index (χ3n) is 2.78. The molecule has 0 aliphatic carbocycles. The van der Waals surface area contributed by atoms with Crippen molar-refractivity contribution < 1.29 is 5.11 Å². The second-order valence-electron chi connectivity index (χ2n) is 3.97. The SMILES string of the molecule is Cc1ccccc1Cn1ccc(O)c(N)c1=O. The van der Waals surface area contributed by atoms with Crippen LogP contribution in [-0.2, 0) is 6.54 Å². The molecule has 0 fully saturated rings. The Labute approximate surface area is 98.9 Å². The number of anilines is 1. The van der Waals surface area contributed by atoms with Crippen molar-refractivity contribution in [2.24, 2.45) is 0 Å². The van der Waals surface area contributed by atoms with Gasteiger partial charge in [-0.1, -0.05) is 24.3 Å². The van der Waals surface area contributed by atoms with Gasteiger partial charge in [-0.2, -0.15) is 0 Å². The van der Waals surface area contributed by atoms with Crippen LogP contribution < -0.4 is 11.3 Å². The summed E-state index contributed by atoms with van der Waals surface area (Å²) < 4.78 is 1.48. The van der Waals surface area contributed by atoms with Gasteiger partial charge in [-0.15, -0.1) is 0 Å². The van der Waals surface area contributed by atoms with Gasteiger partial charge in [0.2, 0.25) is 0 Å². The average molecular weight is 230 g/mol. The van der Waals surface area contributed by atoms with Gasteiger partial charge in [0.05, 0.1) is 6.54 Å². The van der Waals surface area contributed by atoms with Crippen molar-refractivity contribution in [1.82, 2.24) is 4.57 Å². The highest BCUT2D eigenvalue weighted by molar-refractivity contribution is 5.48. The lowest BCUT2D eigenvalue weighted by Crippen LogP contribution is -2.22. The lowest BCUT2D eigenvalue weighted by molar-refractivity contribution is 0.474. The molecule has 3 N–H and O–H groups in total. The summed E-state index contributed by atoms with van der Waals surface area (Å²) in [5, 5.41) is 9.31. The lowest BCUT2D eigenvalue weighted by atomic mass is 10.1. The number of nitrogens with two attached hydrogens (primary N) is 1. The molecule has 2 rings (SSSR count). The van der Waals surface area contributed by atoms with Gasteiger partial charge in [-0.25, -0.2) is 0 Å². The second-order valence-corrected chi connectivity index (χ2v) is 3.97. The Bertz CT molecular complexity index is 603. The van der Waals surface area contributed by atoms with Gasteiger partial charge in [0.1, 0.15) is 11.4 Å². The Morgan fingerprint density at radius 1 is 1.29 bits per heavy atom. The number of aromatic nitrogens is 1. The molecule has 0 atom stereocenters. The zero-order valence-electron chi connectivity index (χ0n) is 9.55. The molecule has 17 heavy (non-hydrogen) atoms. The summed E-state index contributed by atoms with van der Waals surface area (Å²) in [7, 11) is 0. The minimum atomic E-state index is -0.367. The molecule has 0 unspecified atom stereocenters. The van der Waals surface area contributed by atoms with Gasteiger partial charge in [-0.05, 0) is 24.1 Å². The van der Waals surface area contributed by atoms with Gasteiger partial charge in [-0.3, -0.25) is 4.79 Å². The number of hydrogen-bond donors (Lipinski definition) is 2. The number of benzene rings is 1. The second kappa shape index (κ2) is 4.33. The third kappa shape index (κ3) is 2.15. The molecule has 0 spiro atoms. The highest BCUT2D eigenvalue weighted by Gasteiger charge is 2.06. The number of pyridine rings is 1. The van der Waals surface area contributed by atoms with Crippen LogP contribution in [0, 0.1) is 6.92 Å². The van der Waals surface area contributed by atoms with Crippen LogP contribution in [0.2, 0.25) is 0 Å². The molecule has 0 aliphatic heterocycles. The van der Waals surface area contributed by atoms with Crippen LogP contribution >= 0.6 is 0 Å². The van der Waals surface area contributed by atoms with E-state index in [1.165, 1.54) is 10.6 Å². The fourth-order valence-electron chi connectivity index (χ4n) is 1.68. The number of nitrogens with zero attached hydrogens (tertiary/aromatic N) is 1. The maximum Gasteiger partial charge on any atom is 0.277 e. The van der Waals surface area contributed by atoms with Crippen LogP contribution in [0.1, 0.15) is 11.1 Å². The first-order chi connectivity index (χ1) is 8.09. The Morgan fingerprint density at radius 3 is 2.71 bits per heavy atom. The van der Waals surface area contributed by atoms with Gasteiger partial charge >= 0.3 is 0 Å². The van der Waals surface area contributed by atoms with E-state index in [9.17, 15) is 9.90 Å². The van der Waals surface area contributed by atoms with Crippen molar-refractivity contribution in [2.75, 3.05) is 5.73 Å². The zero-order valence-corrected chi connectivity index (χ0v) is 9.55. The molecule has 4 heteroatoms. The van der Waals surface area contributed by atoms with E-state index >= 15 is 0 Å². The Kier molecular flexibility index (Phi) is 2.87. The van der Waals surface area contributed by atoms with E-state index in [0.29, 0.717) is 6.54 Å². The molecular weight excluding hydrogens is 216 g/mol. The van der Waals surface area contributed by atoms with Gasteiger partial charge in [0.25, 0.3) is 5.56 Å². The Balaban J connectivity index is 2.41. The largest absolute Gasteiger partial charge is 0.506 e. The highest BCUT2D eigenvalue weighted by Crippen LogP contribution is 2.14. The van der Waals surface area contributed by atoms with E-state index in [2.05, 4.69) is 0 Å². The summed E-state index contributed by atoms with van der Waals surface area (Å²) in [6.07, 6.45) is 1.54. The Morgan fingerprint density at radius 2 is 2.00 bits per heavy atom. The molecule has 1 aromatic carbocycles. The summed E-state index contributed by atoms with van der Waals surface area (Å²) in [6, 6.07) is 9.26. The van der Waals surface area contributed by atoms with Crippen molar-refractivity contribution in [3.05, 3.63) is 58.0 Å². The van der Waals surface area contributed by atoms with Gasteiger partial charge in [0.15, 0.2) is 0 Å². The van der Waals surface area contributed by atoms with Crippen molar-refractivity contribution in [3.63, 3.8) is 0 Å². The van der Waals surface area contributed by atoms with Crippen molar-refractivity contribution in [2.45, 2.75) is 13.5 Å². The highest BCUT2D eigenvalue weighted by atomic mass is 16.3. The summed E-state index contributed by atoms with van der Waals surface area (Å²) in [6.45, 7) is 2.44. The summed E-state index contributed by atoms with van der Waals surface area (Å²) >= 11 is 0. The molecule has 0 aliphatic rings. The minimum Gasteiger partial charge on any atom is -0.506 e. The van der Waals surface area contributed by atoms with Crippen molar-refractivity contribution >= 4 is 5.69 Å². The smallest absolute Gasteiger partial charge is 0.277 e. The predicted molar refractivity (Wildman–Crippen MR) is 67.1 cm³/mol. The summed E-state index contributed by atoms with van der Waals surface area (Å²) in [5.74, 6) is -0.170. The Hall–Kier alpha value is -2.23. The van der Waals surface area contributed by atoms with Crippen LogP contribution in [0.3, 0.4) is 0 Å². The molecule has 0 saturated heterocycles. The fraction of sp³-hybridized carbons (Fsp3) is 0.154. The topological polar surface area (TPSA) is 68.2 Å². The molecule has 1 aromatic heterocycles. The van der Waals surface area contributed by atoms with E-state index in [1.807, 2.05) is 31.2 Å². The molecule has 4 nitrogen and oxygen atoms in total. The minimum absolute atomic E-state index is 0.110. The molecule has 2 aromatic rings.